The van der Waals surface area contributed by atoms with E-state index >= 15 is 0 Å². The Morgan fingerprint density at radius 3 is 2.56 bits per heavy atom. The van der Waals surface area contributed by atoms with Crippen LogP contribution in [0.3, 0.4) is 0 Å². The third-order valence-corrected chi connectivity index (χ3v) is 3.58. The number of benzene rings is 2. The van der Waals surface area contributed by atoms with Gasteiger partial charge >= 0.3 is 0 Å². The lowest BCUT2D eigenvalue weighted by atomic mass is 10.1. The Balaban J connectivity index is 1.71. The molecule has 2 aromatic carbocycles. The summed E-state index contributed by atoms with van der Waals surface area (Å²) in [4.78, 5) is 11.8. The van der Waals surface area contributed by atoms with Crippen LogP contribution in [0, 0.1) is 5.82 Å². The maximum absolute atomic E-state index is 12.9. The van der Waals surface area contributed by atoms with Crippen LogP contribution in [0.4, 0.5) is 4.39 Å². The van der Waals surface area contributed by atoms with E-state index in [1.807, 2.05) is 38.1 Å². The molecule has 0 fully saturated rings. The van der Waals surface area contributed by atoms with Crippen molar-refractivity contribution in [3.05, 3.63) is 58.9 Å². The summed E-state index contributed by atoms with van der Waals surface area (Å²) >= 11 is 5.83. The van der Waals surface area contributed by atoms with Gasteiger partial charge in [0.25, 0.3) is 5.91 Å². The van der Waals surface area contributed by atoms with Crippen molar-refractivity contribution in [1.82, 2.24) is 5.32 Å². The highest BCUT2D eigenvalue weighted by Crippen LogP contribution is 2.24. The van der Waals surface area contributed by atoms with E-state index in [-0.39, 0.29) is 29.4 Å². The lowest BCUT2D eigenvalue weighted by Gasteiger charge is -2.11. The minimum Gasteiger partial charge on any atom is -0.491 e. The average molecular weight is 366 g/mol. The second-order valence-corrected chi connectivity index (χ2v) is 6.18. The molecule has 0 bridgehead atoms. The smallest absolute Gasteiger partial charge is 0.257 e. The second-order valence-electron chi connectivity index (χ2n) is 5.77. The highest BCUT2D eigenvalue weighted by atomic mass is 35.5. The molecule has 25 heavy (non-hydrogen) atoms. The van der Waals surface area contributed by atoms with Gasteiger partial charge in [-0.25, -0.2) is 4.39 Å². The van der Waals surface area contributed by atoms with Crippen LogP contribution in [-0.2, 0) is 11.2 Å². The van der Waals surface area contributed by atoms with Gasteiger partial charge in [-0.1, -0.05) is 23.7 Å². The van der Waals surface area contributed by atoms with Gasteiger partial charge in [-0.15, -0.1) is 0 Å². The van der Waals surface area contributed by atoms with Gasteiger partial charge in [-0.2, -0.15) is 0 Å². The van der Waals surface area contributed by atoms with Gasteiger partial charge in [-0.3, -0.25) is 4.79 Å². The molecule has 0 aliphatic rings. The first-order chi connectivity index (χ1) is 11.9. The zero-order valence-electron chi connectivity index (χ0n) is 14.2. The van der Waals surface area contributed by atoms with Crippen LogP contribution in [-0.4, -0.2) is 25.2 Å². The molecule has 0 saturated heterocycles. The Labute approximate surface area is 151 Å². The first-order valence-electron chi connectivity index (χ1n) is 8.04. The molecule has 6 heteroatoms. The van der Waals surface area contributed by atoms with E-state index in [4.69, 9.17) is 21.1 Å². The predicted molar refractivity (Wildman–Crippen MR) is 95.8 cm³/mol. The number of halogens is 2. The lowest BCUT2D eigenvalue weighted by molar-refractivity contribution is -0.123. The van der Waals surface area contributed by atoms with E-state index in [0.29, 0.717) is 13.0 Å². The summed E-state index contributed by atoms with van der Waals surface area (Å²) in [6, 6.07) is 11.5. The molecule has 0 spiro atoms. The standard InChI is InChI=1S/C19H21ClFNO3/c1-13(2)25-16-6-3-14(4-7-16)9-10-22-19(23)12-24-18-8-5-15(21)11-17(18)20/h3-8,11,13H,9-10,12H2,1-2H3,(H,22,23). The lowest BCUT2D eigenvalue weighted by Crippen LogP contribution is -2.30. The van der Waals surface area contributed by atoms with Crippen LogP contribution in [0.15, 0.2) is 42.5 Å². The molecule has 2 rings (SSSR count). The Kier molecular flexibility index (Phi) is 7.07. The number of carbonyl (C=O) groups is 1. The molecule has 0 saturated carbocycles. The molecule has 1 amide bonds. The Morgan fingerprint density at radius 1 is 1.20 bits per heavy atom. The van der Waals surface area contributed by atoms with Gasteiger partial charge in [0, 0.05) is 6.54 Å². The Hall–Kier alpha value is -2.27. The summed E-state index contributed by atoms with van der Waals surface area (Å²) in [5, 5.41) is 2.90. The third-order valence-electron chi connectivity index (χ3n) is 3.28. The zero-order chi connectivity index (χ0) is 18.2. The maximum atomic E-state index is 12.9. The van der Waals surface area contributed by atoms with Crippen LogP contribution in [0.1, 0.15) is 19.4 Å². The maximum Gasteiger partial charge on any atom is 0.257 e. The van der Waals surface area contributed by atoms with Crippen molar-refractivity contribution in [3.63, 3.8) is 0 Å². The van der Waals surface area contributed by atoms with Crippen LogP contribution in [0.25, 0.3) is 0 Å². The molecule has 4 nitrogen and oxygen atoms in total. The number of ether oxygens (including phenoxy) is 2. The average Bonchev–Trinajstić information content (AvgIpc) is 2.55. The van der Waals surface area contributed by atoms with Crippen LogP contribution in [0.2, 0.25) is 5.02 Å². The van der Waals surface area contributed by atoms with Crippen molar-refractivity contribution < 1.29 is 18.7 Å². The van der Waals surface area contributed by atoms with Gasteiger partial charge in [-0.05, 0) is 56.2 Å². The van der Waals surface area contributed by atoms with Crippen molar-refractivity contribution in [2.45, 2.75) is 26.4 Å². The molecule has 134 valence electrons. The fraction of sp³-hybridized carbons (Fsp3) is 0.316. The summed E-state index contributed by atoms with van der Waals surface area (Å²) in [6.45, 7) is 4.27. The second kappa shape index (κ2) is 9.28. The van der Waals surface area contributed by atoms with Crippen molar-refractivity contribution >= 4 is 17.5 Å². The van der Waals surface area contributed by atoms with Gasteiger partial charge in [0.15, 0.2) is 6.61 Å². The van der Waals surface area contributed by atoms with Crippen molar-refractivity contribution in [1.29, 1.82) is 0 Å². The monoisotopic (exact) mass is 365 g/mol. The minimum absolute atomic E-state index is 0.136. The number of carbonyl (C=O) groups excluding carboxylic acids is 1. The van der Waals surface area contributed by atoms with Crippen LogP contribution < -0.4 is 14.8 Å². The molecule has 1 N–H and O–H groups in total. The number of nitrogens with one attached hydrogen (secondary N) is 1. The zero-order valence-corrected chi connectivity index (χ0v) is 15.0. The van der Waals surface area contributed by atoms with E-state index < -0.39 is 5.82 Å². The topological polar surface area (TPSA) is 47.6 Å². The highest BCUT2D eigenvalue weighted by molar-refractivity contribution is 6.32. The largest absolute Gasteiger partial charge is 0.491 e. The molecule has 0 aromatic heterocycles. The number of hydrogen-bond acceptors (Lipinski definition) is 3. The van der Waals surface area contributed by atoms with Gasteiger partial charge in [0.2, 0.25) is 0 Å². The predicted octanol–water partition coefficient (Wildman–Crippen LogP) is 4.00. The quantitative estimate of drug-likeness (QED) is 0.769. The van der Waals surface area contributed by atoms with Gasteiger partial charge < -0.3 is 14.8 Å². The molecular formula is C19H21ClFNO3. The Bertz CT molecular complexity index is 704. The normalized spacial score (nSPS) is 10.6. The number of hydrogen-bond donors (Lipinski definition) is 1. The van der Waals surface area contributed by atoms with Crippen LogP contribution >= 0.6 is 11.6 Å². The molecule has 0 aliphatic carbocycles. The van der Waals surface area contributed by atoms with Crippen LogP contribution in [0.5, 0.6) is 11.5 Å². The molecule has 0 atom stereocenters. The molecular weight excluding hydrogens is 345 g/mol. The molecule has 2 aromatic rings. The highest BCUT2D eigenvalue weighted by Gasteiger charge is 2.07. The van der Waals surface area contributed by atoms with Crippen molar-refractivity contribution in [3.8, 4) is 11.5 Å². The van der Waals surface area contributed by atoms with E-state index in [9.17, 15) is 9.18 Å². The Morgan fingerprint density at radius 2 is 1.92 bits per heavy atom. The molecule has 0 unspecified atom stereocenters. The molecule has 0 heterocycles. The van der Waals surface area contributed by atoms with Gasteiger partial charge in [0.05, 0.1) is 11.1 Å². The van der Waals surface area contributed by atoms with Crippen molar-refractivity contribution in [2.24, 2.45) is 0 Å². The van der Waals surface area contributed by atoms with E-state index in [1.165, 1.54) is 12.1 Å². The first-order valence-corrected chi connectivity index (χ1v) is 8.42. The van der Waals surface area contributed by atoms with Crippen molar-refractivity contribution in [2.75, 3.05) is 13.2 Å². The van der Waals surface area contributed by atoms with E-state index in [1.54, 1.807) is 0 Å². The number of amides is 1. The molecule has 0 radical (unpaired) electrons. The van der Waals surface area contributed by atoms with E-state index in [0.717, 1.165) is 17.4 Å². The summed E-state index contributed by atoms with van der Waals surface area (Å²) in [5.74, 6) is 0.387. The summed E-state index contributed by atoms with van der Waals surface area (Å²) in [6.07, 6.45) is 0.838. The number of rotatable bonds is 8. The summed E-state index contributed by atoms with van der Waals surface area (Å²) < 4.78 is 23.8. The first kappa shape index (κ1) is 19.1. The summed E-state index contributed by atoms with van der Waals surface area (Å²) in [7, 11) is 0. The SMILES string of the molecule is CC(C)Oc1ccc(CCNC(=O)COc2ccc(F)cc2Cl)cc1. The summed E-state index contributed by atoms with van der Waals surface area (Å²) in [5.41, 5.74) is 1.10. The van der Waals surface area contributed by atoms with Gasteiger partial charge in [0.1, 0.15) is 17.3 Å². The third kappa shape index (κ3) is 6.63. The fourth-order valence-electron chi connectivity index (χ4n) is 2.14. The van der Waals surface area contributed by atoms with E-state index in [2.05, 4.69) is 5.32 Å². The molecule has 0 aliphatic heterocycles. The fourth-order valence-corrected chi connectivity index (χ4v) is 2.36. The minimum atomic E-state index is -0.452.